The molecule has 3 aromatic rings. The fourth-order valence-corrected chi connectivity index (χ4v) is 5.03. The fourth-order valence-electron chi connectivity index (χ4n) is 3.86. The predicted molar refractivity (Wildman–Crippen MR) is 120 cm³/mol. The number of carbonyl (C=O) groups is 1. The Balaban J connectivity index is 1.65. The summed E-state index contributed by atoms with van der Waals surface area (Å²) in [6, 6.07) is 7.07. The van der Waals surface area contributed by atoms with Gasteiger partial charge in [0.25, 0.3) is 5.56 Å². The van der Waals surface area contributed by atoms with E-state index >= 15 is 0 Å². The smallest absolute Gasteiger partial charge is 0.331 e. The van der Waals surface area contributed by atoms with Crippen LogP contribution in [0.25, 0.3) is 10.2 Å². The maximum absolute atomic E-state index is 13.3. The van der Waals surface area contributed by atoms with Gasteiger partial charge in [-0.2, -0.15) is 0 Å². The lowest BCUT2D eigenvalue weighted by molar-refractivity contribution is -0.116. The summed E-state index contributed by atoms with van der Waals surface area (Å²) in [7, 11) is 3.18. The minimum atomic E-state index is -0.429. The molecule has 4 rings (SSSR count). The normalized spacial score (nSPS) is 15.0. The van der Waals surface area contributed by atoms with Gasteiger partial charge in [0.1, 0.15) is 10.6 Å². The van der Waals surface area contributed by atoms with Gasteiger partial charge in [-0.15, -0.1) is 11.3 Å². The second kappa shape index (κ2) is 7.97. The van der Waals surface area contributed by atoms with Gasteiger partial charge < -0.3 is 14.8 Å². The molecule has 0 radical (unpaired) electrons. The predicted octanol–water partition coefficient (Wildman–Crippen LogP) is 2.65. The molecule has 0 spiro atoms. The van der Waals surface area contributed by atoms with Crippen LogP contribution in [0, 0.1) is 0 Å². The molecule has 0 unspecified atom stereocenters. The lowest BCUT2D eigenvalue weighted by Crippen LogP contribution is -2.40. The quantitative estimate of drug-likeness (QED) is 0.655. The first kappa shape index (κ1) is 21.3. The number of fused-ring (bicyclic) bond motifs is 3. The summed E-state index contributed by atoms with van der Waals surface area (Å²) in [5.74, 6) is 0.237. The standard InChI is InChI=1S/C22H25N3O5S/c1-22(2)11-13-16(12-30-22)31-20-18(13)19(27)25(21(28)24(20)3)10-9-17(26)23-14-7-5-6-8-15(14)29-4/h5-8H,9-12H2,1-4H3,(H,23,26). The Bertz CT molecular complexity index is 1280. The molecule has 0 saturated heterocycles. The minimum absolute atomic E-state index is 0.00700. The molecule has 1 aliphatic rings. The number of methoxy groups -OCH3 is 1. The van der Waals surface area contributed by atoms with Gasteiger partial charge in [-0.1, -0.05) is 12.1 Å². The number of hydrogen-bond acceptors (Lipinski definition) is 6. The molecule has 1 amide bonds. The van der Waals surface area contributed by atoms with Crippen LogP contribution in [0.2, 0.25) is 0 Å². The molecule has 9 heteroatoms. The first-order chi connectivity index (χ1) is 14.7. The summed E-state index contributed by atoms with van der Waals surface area (Å²) in [5, 5.41) is 3.33. The van der Waals surface area contributed by atoms with Crippen molar-refractivity contribution in [3.05, 3.63) is 55.5 Å². The molecule has 0 atom stereocenters. The Hall–Kier alpha value is -2.91. The van der Waals surface area contributed by atoms with Gasteiger partial charge in [-0.3, -0.25) is 18.7 Å². The number of ether oxygens (including phenoxy) is 2. The molecule has 2 aromatic heterocycles. The van der Waals surface area contributed by atoms with Crippen molar-refractivity contribution in [3.8, 4) is 5.75 Å². The van der Waals surface area contributed by atoms with Crippen molar-refractivity contribution in [2.45, 2.75) is 45.4 Å². The maximum atomic E-state index is 13.3. The fraction of sp³-hybridized carbons (Fsp3) is 0.409. The summed E-state index contributed by atoms with van der Waals surface area (Å²) in [6.07, 6.45) is 0.587. The number of nitrogens with one attached hydrogen (secondary N) is 1. The maximum Gasteiger partial charge on any atom is 0.331 e. The molecule has 8 nitrogen and oxygen atoms in total. The molecular weight excluding hydrogens is 418 g/mol. The number of aromatic nitrogens is 2. The largest absolute Gasteiger partial charge is 0.495 e. The van der Waals surface area contributed by atoms with Crippen LogP contribution in [0.15, 0.2) is 33.9 Å². The number of carbonyl (C=O) groups excluding carboxylic acids is 1. The summed E-state index contributed by atoms with van der Waals surface area (Å²) in [5.41, 5.74) is 0.338. The number of hydrogen-bond donors (Lipinski definition) is 1. The molecule has 3 heterocycles. The van der Waals surface area contributed by atoms with Crippen molar-refractivity contribution in [1.29, 1.82) is 0 Å². The zero-order valence-electron chi connectivity index (χ0n) is 18.0. The first-order valence-electron chi connectivity index (χ1n) is 10.0. The van der Waals surface area contributed by atoms with Crippen LogP contribution >= 0.6 is 11.3 Å². The third-order valence-electron chi connectivity index (χ3n) is 5.49. The number of aryl methyl sites for hydroxylation is 1. The average molecular weight is 444 g/mol. The Morgan fingerprint density at radius 3 is 2.77 bits per heavy atom. The van der Waals surface area contributed by atoms with Crippen molar-refractivity contribution >= 4 is 33.1 Å². The van der Waals surface area contributed by atoms with Crippen molar-refractivity contribution in [2.24, 2.45) is 7.05 Å². The van der Waals surface area contributed by atoms with Crippen LogP contribution < -0.4 is 21.3 Å². The van der Waals surface area contributed by atoms with E-state index in [0.717, 1.165) is 15.0 Å². The van der Waals surface area contributed by atoms with E-state index in [2.05, 4.69) is 5.32 Å². The second-order valence-corrected chi connectivity index (χ2v) is 9.29. The highest BCUT2D eigenvalue weighted by Gasteiger charge is 2.31. The van der Waals surface area contributed by atoms with Gasteiger partial charge >= 0.3 is 5.69 Å². The number of thiophene rings is 1. The molecule has 1 aromatic carbocycles. The van der Waals surface area contributed by atoms with Crippen LogP contribution in [0.5, 0.6) is 5.75 Å². The van der Waals surface area contributed by atoms with Crippen LogP contribution in [0.1, 0.15) is 30.7 Å². The third-order valence-corrected chi connectivity index (χ3v) is 6.78. The summed E-state index contributed by atoms with van der Waals surface area (Å²) in [4.78, 5) is 40.3. The Morgan fingerprint density at radius 2 is 2.03 bits per heavy atom. The monoisotopic (exact) mass is 443 g/mol. The molecule has 0 aliphatic carbocycles. The van der Waals surface area contributed by atoms with Crippen LogP contribution in [-0.2, 0) is 36.2 Å². The Kier molecular flexibility index (Phi) is 5.49. The highest BCUT2D eigenvalue weighted by Crippen LogP contribution is 2.36. The molecule has 164 valence electrons. The SMILES string of the molecule is COc1ccccc1NC(=O)CCn1c(=O)c2c3c(sc2n(C)c1=O)COC(C)(C)C3. The number of anilines is 1. The number of nitrogens with zero attached hydrogens (tertiary/aromatic N) is 2. The highest BCUT2D eigenvalue weighted by atomic mass is 32.1. The van der Waals surface area contributed by atoms with E-state index in [1.807, 2.05) is 13.8 Å². The topological polar surface area (TPSA) is 91.6 Å². The average Bonchev–Trinajstić information content (AvgIpc) is 3.10. The van der Waals surface area contributed by atoms with Gasteiger partial charge in [0.2, 0.25) is 5.91 Å². The molecule has 1 N–H and O–H groups in total. The van der Waals surface area contributed by atoms with E-state index in [1.54, 1.807) is 31.3 Å². The molecule has 0 saturated carbocycles. The first-order valence-corrected chi connectivity index (χ1v) is 10.8. The molecule has 1 aliphatic heterocycles. The van der Waals surface area contributed by atoms with Gasteiger partial charge in [0, 0.05) is 31.3 Å². The summed E-state index contributed by atoms with van der Waals surface area (Å²) in [6.45, 7) is 4.40. The minimum Gasteiger partial charge on any atom is -0.495 e. The number of benzene rings is 1. The van der Waals surface area contributed by atoms with E-state index in [1.165, 1.54) is 23.0 Å². The van der Waals surface area contributed by atoms with Crippen molar-refractivity contribution in [2.75, 3.05) is 12.4 Å². The van der Waals surface area contributed by atoms with Crippen LogP contribution in [0.4, 0.5) is 5.69 Å². The zero-order valence-corrected chi connectivity index (χ0v) is 18.8. The second-order valence-electron chi connectivity index (χ2n) is 8.21. The van der Waals surface area contributed by atoms with Crippen LogP contribution in [-0.4, -0.2) is 27.8 Å². The van der Waals surface area contributed by atoms with E-state index < -0.39 is 5.69 Å². The van der Waals surface area contributed by atoms with Crippen molar-refractivity contribution in [1.82, 2.24) is 9.13 Å². The molecule has 0 bridgehead atoms. The van der Waals surface area contributed by atoms with Crippen molar-refractivity contribution in [3.63, 3.8) is 0 Å². The third kappa shape index (κ3) is 3.90. The Labute approximate surface area is 183 Å². The number of rotatable bonds is 5. The highest BCUT2D eigenvalue weighted by molar-refractivity contribution is 7.18. The van der Waals surface area contributed by atoms with E-state index in [0.29, 0.717) is 34.7 Å². The number of amides is 1. The van der Waals surface area contributed by atoms with Crippen LogP contribution in [0.3, 0.4) is 0 Å². The van der Waals surface area contributed by atoms with E-state index in [-0.39, 0.29) is 30.0 Å². The van der Waals surface area contributed by atoms with E-state index in [9.17, 15) is 14.4 Å². The zero-order chi connectivity index (χ0) is 22.3. The molecular formula is C22H25N3O5S. The molecule has 0 fully saturated rings. The Morgan fingerprint density at radius 1 is 1.29 bits per heavy atom. The van der Waals surface area contributed by atoms with Gasteiger partial charge in [0.05, 0.1) is 30.4 Å². The van der Waals surface area contributed by atoms with Gasteiger partial charge in [-0.05, 0) is 31.5 Å². The van der Waals surface area contributed by atoms with Crippen molar-refractivity contribution < 1.29 is 14.3 Å². The summed E-state index contributed by atoms with van der Waals surface area (Å²) < 4.78 is 13.7. The lowest BCUT2D eigenvalue weighted by atomic mass is 9.94. The molecule has 31 heavy (non-hydrogen) atoms. The number of para-hydroxylation sites is 2. The van der Waals surface area contributed by atoms with Gasteiger partial charge in [-0.25, -0.2) is 4.79 Å². The van der Waals surface area contributed by atoms with E-state index in [4.69, 9.17) is 9.47 Å². The van der Waals surface area contributed by atoms with Gasteiger partial charge in [0.15, 0.2) is 0 Å². The summed E-state index contributed by atoms with van der Waals surface area (Å²) >= 11 is 1.43. The lowest BCUT2D eigenvalue weighted by Gasteiger charge is -2.29.